The average Bonchev–Trinajstić information content (AvgIpc) is 2.89. The SMILES string of the molecule is CSCC(C)C(=O)N(C(=O)O)c1sc(-c2cncc(C)c2)nc1C. The molecular weight excluding hydrogens is 346 g/mol. The molecule has 2 aromatic rings. The Labute approximate surface area is 148 Å². The van der Waals surface area contributed by atoms with Gasteiger partial charge in [0.05, 0.1) is 5.69 Å². The van der Waals surface area contributed by atoms with Crippen molar-refractivity contribution in [2.45, 2.75) is 20.8 Å². The first-order valence-corrected chi connectivity index (χ1v) is 9.51. The third-order valence-corrected chi connectivity index (χ3v) is 5.37. The maximum absolute atomic E-state index is 12.5. The van der Waals surface area contributed by atoms with E-state index in [1.54, 1.807) is 26.2 Å². The molecule has 0 spiro atoms. The number of amides is 2. The summed E-state index contributed by atoms with van der Waals surface area (Å²) in [4.78, 5) is 33.6. The number of thioether (sulfide) groups is 1. The van der Waals surface area contributed by atoms with E-state index in [2.05, 4.69) is 9.97 Å². The lowest BCUT2D eigenvalue weighted by molar-refractivity contribution is -0.120. The number of carbonyl (C=O) groups excluding carboxylic acids is 1. The molecule has 0 fully saturated rings. The lowest BCUT2D eigenvalue weighted by Crippen LogP contribution is -2.40. The third-order valence-electron chi connectivity index (χ3n) is 3.35. The van der Waals surface area contributed by atoms with Gasteiger partial charge in [-0.05, 0) is 31.7 Å². The second kappa shape index (κ2) is 7.76. The highest BCUT2D eigenvalue weighted by molar-refractivity contribution is 7.98. The molecule has 0 aromatic carbocycles. The molecule has 2 heterocycles. The van der Waals surface area contributed by atoms with Gasteiger partial charge in [0.25, 0.3) is 0 Å². The van der Waals surface area contributed by atoms with Gasteiger partial charge < -0.3 is 5.11 Å². The number of anilines is 1. The molecule has 0 saturated heterocycles. The van der Waals surface area contributed by atoms with E-state index in [0.717, 1.165) is 16.0 Å². The van der Waals surface area contributed by atoms with Gasteiger partial charge >= 0.3 is 6.09 Å². The predicted molar refractivity (Wildman–Crippen MR) is 97.9 cm³/mol. The number of aromatic nitrogens is 2. The molecule has 1 N–H and O–H groups in total. The Hall–Kier alpha value is -1.93. The first-order valence-electron chi connectivity index (χ1n) is 7.30. The lowest BCUT2D eigenvalue weighted by Gasteiger charge is -2.19. The van der Waals surface area contributed by atoms with Crippen LogP contribution in [0.15, 0.2) is 18.5 Å². The number of pyridine rings is 1. The highest BCUT2D eigenvalue weighted by Gasteiger charge is 2.30. The van der Waals surface area contributed by atoms with Gasteiger partial charge in [0, 0.05) is 29.6 Å². The summed E-state index contributed by atoms with van der Waals surface area (Å²) in [7, 11) is 0. The quantitative estimate of drug-likeness (QED) is 0.867. The summed E-state index contributed by atoms with van der Waals surface area (Å²) in [6.45, 7) is 5.37. The molecule has 0 saturated carbocycles. The fourth-order valence-electron chi connectivity index (χ4n) is 2.21. The van der Waals surface area contributed by atoms with Crippen LogP contribution in [-0.4, -0.2) is 39.1 Å². The fraction of sp³-hybridized carbons (Fsp3) is 0.375. The number of imide groups is 1. The molecule has 0 aliphatic heterocycles. The van der Waals surface area contributed by atoms with E-state index in [4.69, 9.17) is 0 Å². The van der Waals surface area contributed by atoms with E-state index in [1.807, 2.05) is 19.2 Å². The maximum atomic E-state index is 12.5. The molecule has 2 amide bonds. The minimum Gasteiger partial charge on any atom is -0.464 e. The van der Waals surface area contributed by atoms with Crippen molar-refractivity contribution < 1.29 is 14.7 Å². The zero-order valence-corrected chi connectivity index (χ0v) is 15.6. The number of carbonyl (C=O) groups is 2. The molecule has 0 bridgehead atoms. The Morgan fingerprint density at radius 2 is 2.08 bits per heavy atom. The molecule has 6 nitrogen and oxygen atoms in total. The Morgan fingerprint density at radius 1 is 1.38 bits per heavy atom. The summed E-state index contributed by atoms with van der Waals surface area (Å²) in [5.74, 6) is -0.256. The number of carboxylic acid groups (broad SMARTS) is 1. The summed E-state index contributed by atoms with van der Waals surface area (Å²) in [6.07, 6.45) is 4.02. The fourth-order valence-corrected chi connectivity index (χ4v) is 3.90. The van der Waals surface area contributed by atoms with Crippen molar-refractivity contribution in [2.75, 3.05) is 16.9 Å². The molecule has 2 rings (SSSR count). The van der Waals surface area contributed by atoms with Gasteiger partial charge in [-0.3, -0.25) is 9.78 Å². The predicted octanol–water partition coefficient (Wildman–Crippen LogP) is 3.83. The first-order chi connectivity index (χ1) is 11.3. The molecule has 1 unspecified atom stereocenters. The van der Waals surface area contributed by atoms with Gasteiger partial charge in [-0.2, -0.15) is 11.8 Å². The molecule has 0 radical (unpaired) electrons. The van der Waals surface area contributed by atoms with Gasteiger partial charge in [0.1, 0.15) is 10.0 Å². The van der Waals surface area contributed by atoms with Crippen molar-refractivity contribution in [3.8, 4) is 10.6 Å². The van der Waals surface area contributed by atoms with Crippen molar-refractivity contribution in [2.24, 2.45) is 5.92 Å². The largest absolute Gasteiger partial charge is 0.464 e. The highest BCUT2D eigenvalue weighted by Crippen LogP contribution is 2.35. The molecule has 0 aliphatic rings. The van der Waals surface area contributed by atoms with Crippen molar-refractivity contribution in [1.82, 2.24) is 9.97 Å². The Morgan fingerprint density at radius 3 is 2.67 bits per heavy atom. The zero-order chi connectivity index (χ0) is 17.9. The van der Waals surface area contributed by atoms with Gasteiger partial charge in [-0.25, -0.2) is 14.7 Å². The molecule has 2 aromatic heterocycles. The van der Waals surface area contributed by atoms with Gasteiger partial charge in [-0.15, -0.1) is 0 Å². The Bertz CT molecular complexity index is 761. The van der Waals surface area contributed by atoms with E-state index >= 15 is 0 Å². The van der Waals surface area contributed by atoms with Crippen LogP contribution in [0.2, 0.25) is 0 Å². The number of aryl methyl sites for hydroxylation is 2. The number of hydrogen-bond donors (Lipinski definition) is 1. The number of rotatable bonds is 5. The van der Waals surface area contributed by atoms with E-state index in [9.17, 15) is 14.7 Å². The molecular formula is C16H19N3O3S2. The van der Waals surface area contributed by atoms with Crippen LogP contribution in [0.5, 0.6) is 0 Å². The standard InChI is InChI=1S/C16H19N3O3S2/c1-9-5-12(7-17-6-9)13-18-11(3)15(24-13)19(16(21)22)14(20)10(2)8-23-4/h5-7,10H,8H2,1-4H3,(H,21,22). The summed E-state index contributed by atoms with van der Waals surface area (Å²) in [5, 5.41) is 10.5. The van der Waals surface area contributed by atoms with Gasteiger partial charge in [-0.1, -0.05) is 18.3 Å². The second-order valence-corrected chi connectivity index (χ2v) is 7.36. The summed E-state index contributed by atoms with van der Waals surface area (Å²) >= 11 is 2.70. The summed E-state index contributed by atoms with van der Waals surface area (Å²) in [5.41, 5.74) is 2.31. The van der Waals surface area contributed by atoms with Crippen LogP contribution in [0.25, 0.3) is 10.6 Å². The second-order valence-electron chi connectivity index (χ2n) is 5.47. The third kappa shape index (κ3) is 3.93. The molecule has 128 valence electrons. The van der Waals surface area contributed by atoms with Crippen molar-refractivity contribution in [1.29, 1.82) is 0 Å². The Balaban J connectivity index is 2.42. The van der Waals surface area contributed by atoms with Crippen LogP contribution in [0, 0.1) is 19.8 Å². The average molecular weight is 365 g/mol. The zero-order valence-electron chi connectivity index (χ0n) is 13.9. The van der Waals surface area contributed by atoms with Crippen LogP contribution < -0.4 is 4.90 Å². The molecule has 8 heteroatoms. The van der Waals surface area contributed by atoms with Gasteiger partial charge in [0.15, 0.2) is 0 Å². The Kier molecular flexibility index (Phi) is 5.95. The van der Waals surface area contributed by atoms with Crippen LogP contribution in [0.3, 0.4) is 0 Å². The lowest BCUT2D eigenvalue weighted by atomic mass is 10.2. The first kappa shape index (κ1) is 18.4. The normalized spacial score (nSPS) is 12.0. The van der Waals surface area contributed by atoms with E-state index in [0.29, 0.717) is 21.5 Å². The minimum absolute atomic E-state index is 0.344. The number of nitrogens with zero attached hydrogens (tertiary/aromatic N) is 3. The summed E-state index contributed by atoms with van der Waals surface area (Å²) < 4.78 is 0. The van der Waals surface area contributed by atoms with Gasteiger partial charge in [0.2, 0.25) is 5.91 Å². The number of thiazole rings is 1. The van der Waals surface area contributed by atoms with Crippen LogP contribution in [0.1, 0.15) is 18.2 Å². The van der Waals surface area contributed by atoms with Crippen LogP contribution in [-0.2, 0) is 4.79 Å². The van der Waals surface area contributed by atoms with E-state index < -0.39 is 12.0 Å². The monoisotopic (exact) mass is 365 g/mol. The molecule has 1 atom stereocenters. The number of hydrogen-bond acceptors (Lipinski definition) is 6. The summed E-state index contributed by atoms with van der Waals surface area (Å²) in [6, 6.07) is 1.93. The van der Waals surface area contributed by atoms with Crippen LogP contribution in [0.4, 0.5) is 9.80 Å². The molecule has 0 aliphatic carbocycles. The maximum Gasteiger partial charge on any atom is 0.419 e. The van der Waals surface area contributed by atoms with Crippen molar-refractivity contribution in [3.63, 3.8) is 0 Å². The smallest absolute Gasteiger partial charge is 0.419 e. The van der Waals surface area contributed by atoms with Crippen LogP contribution >= 0.6 is 23.1 Å². The van der Waals surface area contributed by atoms with E-state index in [-0.39, 0.29) is 5.92 Å². The highest BCUT2D eigenvalue weighted by atomic mass is 32.2. The molecule has 24 heavy (non-hydrogen) atoms. The van der Waals surface area contributed by atoms with E-state index in [1.165, 1.54) is 23.1 Å². The topological polar surface area (TPSA) is 83.4 Å². The van der Waals surface area contributed by atoms with Crippen molar-refractivity contribution in [3.05, 3.63) is 29.7 Å². The minimum atomic E-state index is -1.28. The van der Waals surface area contributed by atoms with Crippen molar-refractivity contribution >= 4 is 40.1 Å².